The van der Waals surface area contributed by atoms with Crippen molar-refractivity contribution in [1.82, 2.24) is 14.9 Å². The Morgan fingerprint density at radius 2 is 1.65 bits per heavy atom. The predicted octanol–water partition coefficient (Wildman–Crippen LogP) is 3.31. The SMILES string of the molecule is Cl.Clc1ccc(CN2CCN(/N=C/c3ccncc3)CC2)cc1. The predicted molar refractivity (Wildman–Crippen MR) is 97.4 cm³/mol. The fraction of sp³-hybridized carbons (Fsp3) is 0.294. The minimum Gasteiger partial charge on any atom is -0.295 e. The van der Waals surface area contributed by atoms with E-state index in [0.29, 0.717) is 0 Å². The van der Waals surface area contributed by atoms with Crippen LogP contribution < -0.4 is 0 Å². The monoisotopic (exact) mass is 350 g/mol. The fourth-order valence-electron chi connectivity index (χ4n) is 2.46. The zero-order valence-electron chi connectivity index (χ0n) is 12.8. The van der Waals surface area contributed by atoms with Crippen molar-refractivity contribution in [2.75, 3.05) is 26.2 Å². The first kappa shape index (κ1) is 17.7. The maximum atomic E-state index is 5.92. The summed E-state index contributed by atoms with van der Waals surface area (Å²) in [5.41, 5.74) is 2.39. The lowest BCUT2D eigenvalue weighted by Crippen LogP contribution is -2.43. The molecule has 0 radical (unpaired) electrons. The van der Waals surface area contributed by atoms with Gasteiger partial charge in [-0.05, 0) is 35.4 Å². The van der Waals surface area contributed by atoms with E-state index in [0.717, 1.165) is 43.3 Å². The molecule has 0 aliphatic carbocycles. The molecule has 0 atom stereocenters. The van der Waals surface area contributed by atoms with Crippen LogP contribution in [-0.2, 0) is 6.54 Å². The zero-order chi connectivity index (χ0) is 15.2. The summed E-state index contributed by atoms with van der Waals surface area (Å²) in [6.45, 7) is 4.93. The van der Waals surface area contributed by atoms with Gasteiger partial charge in [0, 0.05) is 50.1 Å². The molecule has 0 saturated carbocycles. The summed E-state index contributed by atoms with van der Waals surface area (Å²) in [5.74, 6) is 0. The molecule has 0 bridgehead atoms. The van der Waals surface area contributed by atoms with Crippen LogP contribution in [0.5, 0.6) is 0 Å². The normalized spacial score (nSPS) is 15.6. The Morgan fingerprint density at radius 3 is 2.30 bits per heavy atom. The third-order valence-electron chi connectivity index (χ3n) is 3.74. The highest BCUT2D eigenvalue weighted by Crippen LogP contribution is 2.13. The van der Waals surface area contributed by atoms with Crippen LogP contribution in [0.3, 0.4) is 0 Å². The quantitative estimate of drug-likeness (QED) is 0.792. The van der Waals surface area contributed by atoms with Crippen LogP contribution in [0.1, 0.15) is 11.1 Å². The van der Waals surface area contributed by atoms with Gasteiger partial charge in [-0.2, -0.15) is 5.10 Å². The Morgan fingerprint density at radius 1 is 1.00 bits per heavy atom. The minimum absolute atomic E-state index is 0. The van der Waals surface area contributed by atoms with Gasteiger partial charge in [0.05, 0.1) is 6.21 Å². The van der Waals surface area contributed by atoms with E-state index in [9.17, 15) is 0 Å². The summed E-state index contributed by atoms with van der Waals surface area (Å²) >= 11 is 5.92. The molecular weight excluding hydrogens is 331 g/mol. The first-order valence-corrected chi connectivity index (χ1v) is 7.83. The lowest BCUT2D eigenvalue weighted by molar-refractivity contribution is 0.131. The number of pyridine rings is 1. The van der Waals surface area contributed by atoms with Gasteiger partial charge in [-0.15, -0.1) is 12.4 Å². The van der Waals surface area contributed by atoms with E-state index < -0.39 is 0 Å². The zero-order valence-corrected chi connectivity index (χ0v) is 14.4. The van der Waals surface area contributed by atoms with E-state index >= 15 is 0 Å². The molecule has 1 aromatic heterocycles. The standard InChI is InChI=1S/C17H19ClN4.ClH/c18-17-3-1-16(2-4-17)14-21-9-11-22(12-10-21)20-13-15-5-7-19-8-6-15;/h1-8,13H,9-12,14H2;1H/b20-13+;. The fourth-order valence-corrected chi connectivity index (χ4v) is 2.58. The second-order valence-corrected chi connectivity index (χ2v) is 5.82. The van der Waals surface area contributed by atoms with Crippen LogP contribution in [0, 0.1) is 0 Å². The van der Waals surface area contributed by atoms with E-state index in [1.807, 2.05) is 30.5 Å². The maximum Gasteiger partial charge on any atom is 0.0544 e. The van der Waals surface area contributed by atoms with Gasteiger partial charge < -0.3 is 0 Å². The number of hydrogen-bond acceptors (Lipinski definition) is 4. The molecule has 23 heavy (non-hydrogen) atoms. The number of hydrogen-bond donors (Lipinski definition) is 0. The van der Waals surface area contributed by atoms with Crippen molar-refractivity contribution in [3.63, 3.8) is 0 Å². The Hall–Kier alpha value is -1.62. The second-order valence-electron chi connectivity index (χ2n) is 5.38. The summed E-state index contributed by atoms with van der Waals surface area (Å²) in [7, 11) is 0. The van der Waals surface area contributed by atoms with Crippen molar-refractivity contribution in [3.8, 4) is 0 Å². The van der Waals surface area contributed by atoms with Crippen LogP contribution in [0.25, 0.3) is 0 Å². The van der Waals surface area contributed by atoms with Crippen molar-refractivity contribution >= 4 is 30.2 Å². The molecule has 0 amide bonds. The molecule has 6 heteroatoms. The highest BCUT2D eigenvalue weighted by atomic mass is 35.5. The highest BCUT2D eigenvalue weighted by molar-refractivity contribution is 6.30. The van der Waals surface area contributed by atoms with E-state index in [-0.39, 0.29) is 12.4 Å². The molecule has 1 aliphatic heterocycles. The summed E-state index contributed by atoms with van der Waals surface area (Å²) < 4.78 is 0. The molecule has 1 saturated heterocycles. The van der Waals surface area contributed by atoms with Gasteiger partial charge >= 0.3 is 0 Å². The van der Waals surface area contributed by atoms with Crippen molar-refractivity contribution in [2.45, 2.75) is 6.54 Å². The average molecular weight is 351 g/mol. The summed E-state index contributed by atoms with van der Waals surface area (Å²) in [4.78, 5) is 6.45. The summed E-state index contributed by atoms with van der Waals surface area (Å²) in [6, 6.07) is 12.0. The average Bonchev–Trinajstić information content (AvgIpc) is 2.57. The van der Waals surface area contributed by atoms with Crippen LogP contribution in [0.2, 0.25) is 5.02 Å². The number of rotatable bonds is 4. The molecule has 1 aromatic carbocycles. The van der Waals surface area contributed by atoms with Crippen molar-refractivity contribution in [3.05, 3.63) is 64.9 Å². The number of nitrogens with zero attached hydrogens (tertiary/aromatic N) is 4. The van der Waals surface area contributed by atoms with Gasteiger partial charge in [0.25, 0.3) is 0 Å². The number of hydrazone groups is 1. The van der Waals surface area contributed by atoms with Crippen LogP contribution in [0.15, 0.2) is 53.9 Å². The molecule has 0 N–H and O–H groups in total. The van der Waals surface area contributed by atoms with Gasteiger partial charge in [0.1, 0.15) is 0 Å². The Labute approximate surface area is 148 Å². The first-order valence-electron chi connectivity index (χ1n) is 7.45. The molecule has 0 unspecified atom stereocenters. The summed E-state index contributed by atoms with van der Waals surface area (Å²) in [5, 5.41) is 7.46. The Bertz CT molecular complexity index is 608. The first-order chi connectivity index (χ1) is 10.8. The molecule has 1 fully saturated rings. The Balaban J connectivity index is 0.00000192. The van der Waals surface area contributed by atoms with Crippen molar-refractivity contribution in [1.29, 1.82) is 0 Å². The van der Waals surface area contributed by atoms with E-state index in [4.69, 9.17) is 11.6 Å². The van der Waals surface area contributed by atoms with Gasteiger partial charge in [-0.1, -0.05) is 23.7 Å². The molecule has 2 heterocycles. The van der Waals surface area contributed by atoms with Crippen LogP contribution in [-0.4, -0.2) is 47.3 Å². The van der Waals surface area contributed by atoms with E-state index in [2.05, 4.69) is 32.1 Å². The van der Waals surface area contributed by atoms with Crippen LogP contribution >= 0.6 is 24.0 Å². The molecule has 2 aromatic rings. The van der Waals surface area contributed by atoms with Gasteiger partial charge in [-0.3, -0.25) is 14.9 Å². The number of aromatic nitrogens is 1. The number of benzene rings is 1. The van der Waals surface area contributed by atoms with E-state index in [1.54, 1.807) is 12.4 Å². The van der Waals surface area contributed by atoms with Crippen LogP contribution in [0.4, 0.5) is 0 Å². The largest absolute Gasteiger partial charge is 0.295 e. The number of piperazine rings is 1. The third kappa shape index (κ3) is 5.50. The maximum absolute atomic E-state index is 5.92. The van der Waals surface area contributed by atoms with Crippen molar-refractivity contribution in [2.24, 2.45) is 5.10 Å². The molecule has 3 rings (SSSR count). The highest BCUT2D eigenvalue weighted by Gasteiger charge is 2.15. The lowest BCUT2D eigenvalue weighted by atomic mass is 10.2. The molecule has 0 spiro atoms. The molecule has 4 nitrogen and oxygen atoms in total. The summed E-state index contributed by atoms with van der Waals surface area (Å²) in [6.07, 6.45) is 5.47. The van der Waals surface area contributed by atoms with Gasteiger partial charge in [-0.25, -0.2) is 0 Å². The topological polar surface area (TPSA) is 31.7 Å². The number of halogens is 2. The van der Waals surface area contributed by atoms with Gasteiger partial charge in [0.2, 0.25) is 0 Å². The van der Waals surface area contributed by atoms with Gasteiger partial charge in [0.15, 0.2) is 0 Å². The van der Waals surface area contributed by atoms with E-state index in [1.165, 1.54) is 5.56 Å². The second kappa shape index (κ2) is 8.87. The smallest absolute Gasteiger partial charge is 0.0544 e. The van der Waals surface area contributed by atoms with Crippen molar-refractivity contribution < 1.29 is 0 Å². The molecule has 1 aliphatic rings. The third-order valence-corrected chi connectivity index (χ3v) is 4.00. The lowest BCUT2D eigenvalue weighted by Gasteiger charge is -2.33. The Kier molecular flexibility index (Phi) is 6.84. The molecule has 122 valence electrons. The minimum atomic E-state index is 0. The molecular formula is C17H20Cl2N4.